The van der Waals surface area contributed by atoms with Gasteiger partial charge in [-0.3, -0.25) is 4.90 Å². The summed E-state index contributed by atoms with van der Waals surface area (Å²) in [5, 5.41) is 0. The van der Waals surface area contributed by atoms with E-state index >= 15 is 0 Å². The summed E-state index contributed by atoms with van der Waals surface area (Å²) in [6.45, 7) is 2.38. The van der Waals surface area contributed by atoms with Crippen LogP contribution in [0.3, 0.4) is 0 Å². The van der Waals surface area contributed by atoms with Crippen LogP contribution in [0.2, 0.25) is 0 Å². The molecule has 1 fully saturated rings. The summed E-state index contributed by atoms with van der Waals surface area (Å²) in [6, 6.07) is 10.2. The molecule has 3 rings (SSSR count). The molecule has 1 aromatic rings. The number of aryl methyl sites for hydroxylation is 1. The number of hydrogen-bond donors (Lipinski definition) is 1. The molecule has 3 unspecified atom stereocenters. The van der Waals surface area contributed by atoms with E-state index < -0.39 is 0 Å². The van der Waals surface area contributed by atoms with Gasteiger partial charge in [0.05, 0.1) is 0 Å². The SMILES string of the molecule is CN(C)CC1CCCN1C1CCCc2ccccc2C1N. The number of rotatable bonds is 3. The maximum atomic E-state index is 6.71. The molecule has 1 aromatic carbocycles. The molecular weight excluding hydrogens is 258 g/mol. The van der Waals surface area contributed by atoms with Crippen molar-refractivity contribution in [3.05, 3.63) is 35.4 Å². The fourth-order valence-electron chi connectivity index (χ4n) is 4.26. The number of fused-ring (bicyclic) bond motifs is 1. The Balaban J connectivity index is 1.81. The average molecular weight is 287 g/mol. The summed E-state index contributed by atoms with van der Waals surface area (Å²) >= 11 is 0. The third-order valence-electron chi connectivity index (χ3n) is 5.20. The van der Waals surface area contributed by atoms with Crippen molar-refractivity contribution < 1.29 is 0 Å². The van der Waals surface area contributed by atoms with E-state index in [-0.39, 0.29) is 6.04 Å². The van der Waals surface area contributed by atoms with E-state index in [9.17, 15) is 0 Å². The second-order valence-corrected chi connectivity index (χ2v) is 6.98. The molecule has 0 bridgehead atoms. The Morgan fingerprint density at radius 1 is 1.19 bits per heavy atom. The van der Waals surface area contributed by atoms with E-state index in [1.54, 1.807) is 0 Å². The predicted molar refractivity (Wildman–Crippen MR) is 88.4 cm³/mol. The zero-order valence-corrected chi connectivity index (χ0v) is 13.5. The largest absolute Gasteiger partial charge is 0.323 e. The fourth-order valence-corrected chi connectivity index (χ4v) is 4.26. The molecule has 1 aliphatic carbocycles. The zero-order chi connectivity index (χ0) is 14.8. The van der Waals surface area contributed by atoms with Crippen LogP contribution in [-0.2, 0) is 6.42 Å². The molecule has 116 valence electrons. The molecular formula is C18H29N3. The van der Waals surface area contributed by atoms with Crippen LogP contribution < -0.4 is 5.73 Å². The van der Waals surface area contributed by atoms with Crippen molar-refractivity contribution in [2.24, 2.45) is 5.73 Å². The Labute approximate surface area is 129 Å². The first-order chi connectivity index (χ1) is 10.2. The summed E-state index contributed by atoms with van der Waals surface area (Å²) < 4.78 is 0. The van der Waals surface area contributed by atoms with Gasteiger partial charge in [-0.15, -0.1) is 0 Å². The van der Waals surface area contributed by atoms with Gasteiger partial charge in [-0.05, 0) is 63.9 Å². The standard InChI is InChI=1S/C18H29N3/c1-20(2)13-15-9-6-12-21(15)17-11-5-8-14-7-3-4-10-16(14)18(17)19/h3-4,7,10,15,17-18H,5-6,8-9,11-13,19H2,1-2H3. The molecule has 2 N–H and O–H groups in total. The van der Waals surface area contributed by atoms with E-state index in [1.807, 2.05) is 0 Å². The number of likely N-dealkylation sites (N-methyl/N-ethyl adjacent to an activating group) is 1. The number of nitrogens with two attached hydrogens (primary N) is 1. The van der Waals surface area contributed by atoms with Crippen molar-refractivity contribution in [1.29, 1.82) is 0 Å². The van der Waals surface area contributed by atoms with Crippen LogP contribution in [0, 0.1) is 0 Å². The van der Waals surface area contributed by atoms with Gasteiger partial charge in [-0.1, -0.05) is 24.3 Å². The first-order valence-electron chi connectivity index (χ1n) is 8.40. The Bertz CT molecular complexity index is 471. The second-order valence-electron chi connectivity index (χ2n) is 6.98. The van der Waals surface area contributed by atoms with Crippen LogP contribution in [0.5, 0.6) is 0 Å². The smallest absolute Gasteiger partial charge is 0.0455 e. The molecule has 21 heavy (non-hydrogen) atoms. The maximum Gasteiger partial charge on any atom is 0.0455 e. The van der Waals surface area contributed by atoms with Crippen LogP contribution in [-0.4, -0.2) is 49.1 Å². The van der Waals surface area contributed by atoms with E-state index in [0.717, 1.165) is 6.54 Å². The lowest BCUT2D eigenvalue weighted by Gasteiger charge is -2.37. The summed E-state index contributed by atoms with van der Waals surface area (Å²) in [4.78, 5) is 5.03. The highest BCUT2D eigenvalue weighted by molar-refractivity contribution is 5.32. The molecule has 3 heteroatoms. The number of nitrogens with zero attached hydrogens (tertiary/aromatic N) is 2. The normalized spacial score (nSPS) is 30.4. The van der Waals surface area contributed by atoms with Crippen LogP contribution >= 0.6 is 0 Å². The van der Waals surface area contributed by atoms with Crippen molar-refractivity contribution >= 4 is 0 Å². The number of likely N-dealkylation sites (tertiary alicyclic amines) is 1. The molecule has 2 aliphatic rings. The molecule has 3 nitrogen and oxygen atoms in total. The third kappa shape index (κ3) is 3.15. The van der Waals surface area contributed by atoms with Gasteiger partial charge in [0.2, 0.25) is 0 Å². The van der Waals surface area contributed by atoms with Crippen molar-refractivity contribution in [2.45, 2.75) is 50.2 Å². The quantitative estimate of drug-likeness (QED) is 0.867. The first-order valence-corrected chi connectivity index (χ1v) is 8.40. The Kier molecular flexibility index (Phi) is 4.63. The number of benzene rings is 1. The highest BCUT2D eigenvalue weighted by atomic mass is 15.3. The summed E-state index contributed by atoms with van der Waals surface area (Å²) in [5.41, 5.74) is 9.56. The topological polar surface area (TPSA) is 32.5 Å². The summed E-state index contributed by atoms with van der Waals surface area (Å²) in [5.74, 6) is 0. The van der Waals surface area contributed by atoms with Gasteiger partial charge in [0, 0.05) is 24.7 Å². The highest BCUT2D eigenvalue weighted by Crippen LogP contribution is 2.34. The monoisotopic (exact) mass is 287 g/mol. The zero-order valence-electron chi connectivity index (χ0n) is 13.5. The molecule has 0 spiro atoms. The lowest BCUT2D eigenvalue weighted by molar-refractivity contribution is 0.127. The molecule has 3 atom stereocenters. The van der Waals surface area contributed by atoms with E-state index in [1.165, 1.54) is 49.8 Å². The molecule has 1 aliphatic heterocycles. The minimum atomic E-state index is 0.173. The van der Waals surface area contributed by atoms with Gasteiger partial charge in [0.25, 0.3) is 0 Å². The third-order valence-corrected chi connectivity index (χ3v) is 5.20. The predicted octanol–water partition coefficient (Wildman–Crippen LogP) is 2.42. The van der Waals surface area contributed by atoms with Gasteiger partial charge in [-0.25, -0.2) is 0 Å². The van der Waals surface area contributed by atoms with Crippen molar-refractivity contribution in [3.8, 4) is 0 Å². The van der Waals surface area contributed by atoms with Gasteiger partial charge in [-0.2, -0.15) is 0 Å². The second kappa shape index (κ2) is 6.47. The van der Waals surface area contributed by atoms with Gasteiger partial charge < -0.3 is 10.6 Å². The Morgan fingerprint density at radius 3 is 2.81 bits per heavy atom. The molecule has 0 amide bonds. The molecule has 0 aromatic heterocycles. The minimum Gasteiger partial charge on any atom is -0.323 e. The molecule has 0 saturated carbocycles. The summed E-state index contributed by atoms with van der Waals surface area (Å²) in [6.07, 6.45) is 6.33. The van der Waals surface area contributed by atoms with Crippen LogP contribution in [0.4, 0.5) is 0 Å². The van der Waals surface area contributed by atoms with Crippen molar-refractivity contribution in [3.63, 3.8) is 0 Å². The first kappa shape index (κ1) is 15.0. The van der Waals surface area contributed by atoms with Gasteiger partial charge in [0.15, 0.2) is 0 Å². The maximum absolute atomic E-state index is 6.71. The molecule has 0 radical (unpaired) electrons. The summed E-state index contributed by atoms with van der Waals surface area (Å²) in [7, 11) is 4.36. The Hall–Kier alpha value is -0.900. The van der Waals surface area contributed by atoms with Gasteiger partial charge in [0.1, 0.15) is 0 Å². The van der Waals surface area contributed by atoms with E-state index in [4.69, 9.17) is 5.73 Å². The molecule has 1 saturated heterocycles. The molecule has 1 heterocycles. The van der Waals surface area contributed by atoms with E-state index in [0.29, 0.717) is 12.1 Å². The van der Waals surface area contributed by atoms with Crippen LogP contribution in [0.1, 0.15) is 42.9 Å². The Morgan fingerprint density at radius 2 is 2.00 bits per heavy atom. The highest BCUT2D eigenvalue weighted by Gasteiger charge is 2.35. The average Bonchev–Trinajstić information content (AvgIpc) is 2.83. The lowest BCUT2D eigenvalue weighted by atomic mass is 9.95. The van der Waals surface area contributed by atoms with Gasteiger partial charge >= 0.3 is 0 Å². The van der Waals surface area contributed by atoms with Crippen molar-refractivity contribution in [2.75, 3.05) is 27.2 Å². The van der Waals surface area contributed by atoms with Crippen LogP contribution in [0.25, 0.3) is 0 Å². The van der Waals surface area contributed by atoms with Crippen molar-refractivity contribution in [1.82, 2.24) is 9.80 Å². The van der Waals surface area contributed by atoms with Crippen LogP contribution in [0.15, 0.2) is 24.3 Å². The number of hydrogen-bond acceptors (Lipinski definition) is 3. The van der Waals surface area contributed by atoms with E-state index in [2.05, 4.69) is 48.2 Å². The fraction of sp³-hybridized carbons (Fsp3) is 0.667. The lowest BCUT2D eigenvalue weighted by Crippen LogP contribution is -2.48. The minimum absolute atomic E-state index is 0.173.